The molecule has 2 aromatic carbocycles. The van der Waals surface area contributed by atoms with Crippen LogP contribution < -0.4 is 14.8 Å². The third-order valence-electron chi connectivity index (χ3n) is 8.72. The predicted molar refractivity (Wildman–Crippen MR) is 134 cm³/mol. The van der Waals surface area contributed by atoms with E-state index in [0.717, 1.165) is 56.9 Å². The summed E-state index contributed by atoms with van der Waals surface area (Å²) in [6.07, 6.45) is 8.14. The minimum absolute atomic E-state index is 0.125. The second-order valence-electron chi connectivity index (χ2n) is 10.7. The molecule has 1 atom stereocenters. The first-order valence-electron chi connectivity index (χ1n) is 12.8. The van der Waals surface area contributed by atoms with Gasteiger partial charge in [-0.15, -0.1) is 0 Å². The van der Waals surface area contributed by atoms with E-state index in [1.807, 2.05) is 6.07 Å². The van der Waals surface area contributed by atoms with Crippen molar-refractivity contribution < 1.29 is 14.3 Å². The molecule has 2 aliphatic carbocycles. The van der Waals surface area contributed by atoms with Gasteiger partial charge in [0.25, 0.3) is 0 Å². The summed E-state index contributed by atoms with van der Waals surface area (Å²) < 4.78 is 10.8. The van der Waals surface area contributed by atoms with Crippen molar-refractivity contribution in [1.82, 2.24) is 10.2 Å². The highest BCUT2D eigenvalue weighted by atomic mass is 16.5. The van der Waals surface area contributed by atoms with E-state index >= 15 is 0 Å². The zero-order valence-electron chi connectivity index (χ0n) is 20.6. The summed E-state index contributed by atoms with van der Waals surface area (Å²) in [5.74, 6) is 2.14. The zero-order chi connectivity index (χ0) is 23.6. The summed E-state index contributed by atoms with van der Waals surface area (Å²) in [4.78, 5) is 15.7. The molecule has 1 unspecified atom stereocenters. The molecule has 3 aliphatic rings. The molecule has 3 fully saturated rings. The molecular weight excluding hydrogens is 424 g/mol. The molecular formula is C29H38N2O3. The third-order valence-corrected chi connectivity index (χ3v) is 8.72. The van der Waals surface area contributed by atoms with Gasteiger partial charge in [-0.2, -0.15) is 0 Å². The van der Waals surface area contributed by atoms with E-state index in [0.29, 0.717) is 0 Å². The van der Waals surface area contributed by atoms with Crippen molar-refractivity contribution >= 4 is 5.91 Å². The fourth-order valence-electron chi connectivity index (χ4n) is 6.43. The fourth-order valence-corrected chi connectivity index (χ4v) is 6.43. The van der Waals surface area contributed by atoms with Gasteiger partial charge in [0, 0.05) is 30.5 Å². The second kappa shape index (κ2) is 9.61. The first kappa shape index (κ1) is 23.2. The molecule has 1 aliphatic heterocycles. The molecule has 1 spiro atoms. The van der Waals surface area contributed by atoms with E-state index in [1.54, 1.807) is 14.2 Å². The molecule has 1 N–H and O–H groups in total. The van der Waals surface area contributed by atoms with Crippen LogP contribution in [0.25, 0.3) is 0 Å². The molecule has 2 aromatic rings. The predicted octanol–water partition coefficient (Wildman–Crippen LogP) is 4.93. The van der Waals surface area contributed by atoms with E-state index in [9.17, 15) is 4.79 Å². The Bertz CT molecular complexity index is 969. The number of amides is 1. The molecule has 5 rings (SSSR count). The number of benzene rings is 2. The Balaban J connectivity index is 1.14. The minimum Gasteiger partial charge on any atom is -0.497 e. The molecule has 2 saturated carbocycles. The van der Waals surface area contributed by atoms with Crippen molar-refractivity contribution in [3.05, 3.63) is 59.7 Å². The Morgan fingerprint density at radius 1 is 0.971 bits per heavy atom. The van der Waals surface area contributed by atoms with Gasteiger partial charge in [0.05, 0.1) is 14.2 Å². The van der Waals surface area contributed by atoms with E-state index < -0.39 is 0 Å². The van der Waals surface area contributed by atoms with Crippen LogP contribution in [0.4, 0.5) is 0 Å². The van der Waals surface area contributed by atoms with Gasteiger partial charge in [0.2, 0.25) is 5.91 Å². The highest BCUT2D eigenvalue weighted by molar-refractivity contribution is 5.82. The number of hydrogen-bond donors (Lipinski definition) is 1. The van der Waals surface area contributed by atoms with Gasteiger partial charge in [-0.1, -0.05) is 43.2 Å². The lowest BCUT2D eigenvalue weighted by molar-refractivity contribution is -0.123. The maximum Gasteiger partial charge on any atom is 0.223 e. The van der Waals surface area contributed by atoms with E-state index in [4.69, 9.17) is 9.47 Å². The van der Waals surface area contributed by atoms with Crippen molar-refractivity contribution in [2.75, 3.05) is 33.9 Å². The Morgan fingerprint density at radius 3 is 2.24 bits per heavy atom. The first-order valence-corrected chi connectivity index (χ1v) is 12.8. The molecule has 182 valence electrons. The average Bonchev–Trinajstić information content (AvgIpc) is 3.36. The molecule has 5 heteroatoms. The van der Waals surface area contributed by atoms with Crippen LogP contribution in [0.1, 0.15) is 56.1 Å². The molecule has 1 heterocycles. The lowest BCUT2D eigenvalue weighted by Crippen LogP contribution is -2.41. The first-order chi connectivity index (χ1) is 16.6. The lowest BCUT2D eigenvalue weighted by Gasteiger charge is -2.33. The number of nitrogens with one attached hydrogen (secondary N) is 1. The van der Waals surface area contributed by atoms with E-state index in [2.05, 4.69) is 52.7 Å². The monoisotopic (exact) mass is 462 g/mol. The Morgan fingerprint density at radius 2 is 1.62 bits per heavy atom. The Kier molecular flexibility index (Phi) is 6.57. The molecule has 0 bridgehead atoms. The van der Waals surface area contributed by atoms with Crippen LogP contribution in [0, 0.1) is 11.3 Å². The standard InChI is InChI=1S/C29H38N2O3/c1-33-24-16-22(17-25(18-24)34-2)20-31-14-12-28(13-15-31)19-26(28)27(32)30-21-29(10-6-7-11-29)23-8-4-3-5-9-23/h3-5,8-9,16-18,26H,6-7,10-15,19-21H2,1-2H3,(H,30,32). The number of rotatable bonds is 8. The summed E-state index contributed by atoms with van der Waals surface area (Å²) in [6.45, 7) is 3.75. The van der Waals surface area contributed by atoms with Gasteiger partial charge < -0.3 is 14.8 Å². The number of carbonyl (C=O) groups is 1. The van der Waals surface area contributed by atoms with E-state index in [-0.39, 0.29) is 22.7 Å². The molecule has 1 saturated heterocycles. The summed E-state index contributed by atoms with van der Waals surface area (Å²) in [5.41, 5.74) is 2.95. The van der Waals surface area contributed by atoms with Crippen molar-refractivity contribution in [3.8, 4) is 11.5 Å². The number of nitrogens with zero attached hydrogens (tertiary/aromatic N) is 1. The van der Waals surface area contributed by atoms with Crippen LogP contribution in [-0.2, 0) is 16.8 Å². The average molecular weight is 463 g/mol. The summed E-state index contributed by atoms with van der Waals surface area (Å²) in [7, 11) is 3.38. The number of hydrogen-bond acceptors (Lipinski definition) is 4. The number of ether oxygens (including phenoxy) is 2. The van der Waals surface area contributed by atoms with Crippen molar-refractivity contribution in [2.24, 2.45) is 11.3 Å². The van der Waals surface area contributed by atoms with Crippen molar-refractivity contribution in [2.45, 2.75) is 56.9 Å². The van der Waals surface area contributed by atoms with Gasteiger partial charge in [-0.3, -0.25) is 9.69 Å². The van der Waals surface area contributed by atoms with Crippen LogP contribution >= 0.6 is 0 Å². The number of carbonyl (C=O) groups excluding carboxylic acids is 1. The minimum atomic E-state index is 0.125. The van der Waals surface area contributed by atoms with Crippen LogP contribution in [0.15, 0.2) is 48.5 Å². The molecule has 0 radical (unpaired) electrons. The van der Waals surface area contributed by atoms with Crippen molar-refractivity contribution in [1.29, 1.82) is 0 Å². The summed E-state index contributed by atoms with van der Waals surface area (Å²) >= 11 is 0. The second-order valence-corrected chi connectivity index (χ2v) is 10.7. The normalized spacial score (nSPS) is 22.9. The van der Waals surface area contributed by atoms with Crippen LogP contribution in [0.3, 0.4) is 0 Å². The number of piperidine rings is 1. The largest absolute Gasteiger partial charge is 0.497 e. The Hall–Kier alpha value is -2.53. The number of likely N-dealkylation sites (tertiary alicyclic amines) is 1. The van der Waals surface area contributed by atoms with Crippen LogP contribution in [0.2, 0.25) is 0 Å². The van der Waals surface area contributed by atoms with Gasteiger partial charge >= 0.3 is 0 Å². The topological polar surface area (TPSA) is 50.8 Å². The summed E-state index contributed by atoms with van der Waals surface area (Å²) in [5, 5.41) is 3.39. The van der Waals surface area contributed by atoms with Gasteiger partial charge in [-0.25, -0.2) is 0 Å². The van der Waals surface area contributed by atoms with Crippen LogP contribution in [0.5, 0.6) is 11.5 Å². The maximum atomic E-state index is 13.2. The van der Waals surface area contributed by atoms with Gasteiger partial charge in [-0.05, 0) is 73.9 Å². The lowest BCUT2D eigenvalue weighted by atomic mass is 9.78. The fraction of sp³-hybridized carbons (Fsp3) is 0.552. The van der Waals surface area contributed by atoms with Crippen molar-refractivity contribution in [3.63, 3.8) is 0 Å². The third kappa shape index (κ3) is 4.68. The molecule has 0 aromatic heterocycles. The van der Waals surface area contributed by atoms with E-state index in [1.165, 1.54) is 36.8 Å². The summed E-state index contributed by atoms with van der Waals surface area (Å²) in [6, 6.07) is 16.9. The SMILES string of the molecule is COc1cc(CN2CCC3(CC2)CC3C(=O)NCC2(c3ccccc3)CCCC2)cc(OC)c1. The quantitative estimate of drug-likeness (QED) is 0.604. The van der Waals surface area contributed by atoms with Crippen LogP contribution in [-0.4, -0.2) is 44.7 Å². The smallest absolute Gasteiger partial charge is 0.223 e. The molecule has 1 amide bonds. The van der Waals surface area contributed by atoms with Gasteiger partial charge in [0.1, 0.15) is 11.5 Å². The maximum absolute atomic E-state index is 13.2. The van der Waals surface area contributed by atoms with Gasteiger partial charge in [0.15, 0.2) is 0 Å². The zero-order valence-corrected chi connectivity index (χ0v) is 20.6. The molecule has 5 nitrogen and oxygen atoms in total. The molecule has 34 heavy (non-hydrogen) atoms. The highest BCUT2D eigenvalue weighted by Gasteiger charge is 2.58. The highest BCUT2D eigenvalue weighted by Crippen LogP contribution is 2.59. The Labute approximate surface area is 203 Å². The number of methoxy groups -OCH3 is 2.